The minimum atomic E-state index is -0.207. The van der Waals surface area contributed by atoms with Crippen molar-refractivity contribution in [3.05, 3.63) is 24.0 Å². The molecule has 2 N–H and O–H groups in total. The quantitative estimate of drug-likeness (QED) is 0.779. The summed E-state index contributed by atoms with van der Waals surface area (Å²) in [6.07, 6.45) is 3.62. The van der Waals surface area contributed by atoms with E-state index in [4.69, 9.17) is 5.73 Å². The molecule has 88 valence electrons. The number of hydrogen-bond acceptors (Lipinski definition) is 2. The van der Waals surface area contributed by atoms with Crippen LogP contribution in [0.15, 0.2) is 18.2 Å². The van der Waals surface area contributed by atoms with Gasteiger partial charge in [-0.15, -0.1) is 0 Å². The SMILES string of the molecule is CCC1CCN(c2cc(F)ccc2N)CC1. The van der Waals surface area contributed by atoms with Crippen LogP contribution < -0.4 is 10.6 Å². The second kappa shape index (κ2) is 4.73. The Bertz CT molecular complexity index is 357. The maximum Gasteiger partial charge on any atom is 0.125 e. The fourth-order valence-corrected chi connectivity index (χ4v) is 2.37. The number of nitrogens with two attached hydrogens (primary N) is 1. The van der Waals surface area contributed by atoms with Crippen LogP contribution in [0, 0.1) is 11.7 Å². The first kappa shape index (κ1) is 11.2. The smallest absolute Gasteiger partial charge is 0.125 e. The topological polar surface area (TPSA) is 29.3 Å². The molecule has 0 aromatic heterocycles. The summed E-state index contributed by atoms with van der Waals surface area (Å²) in [4.78, 5) is 2.20. The highest BCUT2D eigenvalue weighted by atomic mass is 19.1. The Labute approximate surface area is 96.2 Å². The molecule has 1 aromatic carbocycles. The summed E-state index contributed by atoms with van der Waals surface area (Å²) in [7, 11) is 0. The Balaban J connectivity index is 2.10. The van der Waals surface area contributed by atoms with Gasteiger partial charge in [-0.1, -0.05) is 13.3 Å². The van der Waals surface area contributed by atoms with E-state index in [-0.39, 0.29) is 5.82 Å². The molecule has 0 aliphatic carbocycles. The molecule has 0 bridgehead atoms. The minimum Gasteiger partial charge on any atom is -0.397 e. The third kappa shape index (κ3) is 2.29. The number of nitrogens with zero attached hydrogens (tertiary/aromatic N) is 1. The Morgan fingerprint density at radius 1 is 1.38 bits per heavy atom. The highest BCUT2D eigenvalue weighted by Crippen LogP contribution is 2.29. The van der Waals surface area contributed by atoms with E-state index in [9.17, 15) is 4.39 Å². The van der Waals surface area contributed by atoms with Gasteiger partial charge in [0.25, 0.3) is 0 Å². The molecule has 2 nitrogen and oxygen atoms in total. The zero-order valence-electron chi connectivity index (χ0n) is 9.75. The largest absolute Gasteiger partial charge is 0.397 e. The van der Waals surface area contributed by atoms with E-state index in [1.807, 2.05) is 0 Å². The summed E-state index contributed by atoms with van der Waals surface area (Å²) in [6.45, 7) is 4.22. The third-order valence-electron chi connectivity index (χ3n) is 3.53. The van der Waals surface area contributed by atoms with E-state index in [2.05, 4.69) is 11.8 Å². The molecule has 0 radical (unpaired) electrons. The van der Waals surface area contributed by atoms with Crippen molar-refractivity contribution in [3.63, 3.8) is 0 Å². The Hall–Kier alpha value is -1.25. The predicted octanol–water partition coefficient (Wildman–Crippen LogP) is 3.03. The van der Waals surface area contributed by atoms with Crippen LogP contribution in [0.4, 0.5) is 15.8 Å². The number of hydrogen-bond donors (Lipinski definition) is 1. The van der Waals surface area contributed by atoms with Crippen LogP contribution in [0.2, 0.25) is 0 Å². The molecule has 0 unspecified atom stereocenters. The predicted molar refractivity (Wildman–Crippen MR) is 66.0 cm³/mol. The lowest BCUT2D eigenvalue weighted by Crippen LogP contribution is -2.34. The number of halogens is 1. The first-order valence-electron chi connectivity index (χ1n) is 6.00. The van der Waals surface area contributed by atoms with Gasteiger partial charge in [0.05, 0.1) is 11.4 Å². The fraction of sp³-hybridized carbons (Fsp3) is 0.538. The van der Waals surface area contributed by atoms with Crippen LogP contribution in [0.3, 0.4) is 0 Å². The van der Waals surface area contributed by atoms with Gasteiger partial charge in [-0.3, -0.25) is 0 Å². The van der Waals surface area contributed by atoms with E-state index in [0.717, 1.165) is 24.7 Å². The summed E-state index contributed by atoms with van der Waals surface area (Å²) >= 11 is 0. The molecule has 1 heterocycles. The van der Waals surface area contributed by atoms with Crippen LogP contribution in [0.5, 0.6) is 0 Å². The minimum absolute atomic E-state index is 0.207. The van der Waals surface area contributed by atoms with Gasteiger partial charge in [0.1, 0.15) is 5.82 Å². The number of benzene rings is 1. The van der Waals surface area contributed by atoms with Crippen molar-refractivity contribution in [1.82, 2.24) is 0 Å². The number of piperidine rings is 1. The molecule has 2 rings (SSSR count). The summed E-state index contributed by atoms with van der Waals surface area (Å²) in [6, 6.07) is 4.61. The van der Waals surface area contributed by atoms with Crippen molar-refractivity contribution in [2.75, 3.05) is 23.7 Å². The summed E-state index contributed by atoms with van der Waals surface area (Å²) in [5.41, 5.74) is 7.41. The Morgan fingerprint density at radius 2 is 2.06 bits per heavy atom. The highest BCUT2D eigenvalue weighted by molar-refractivity contribution is 5.67. The van der Waals surface area contributed by atoms with Gasteiger partial charge in [-0.05, 0) is 37.0 Å². The van der Waals surface area contributed by atoms with Crippen molar-refractivity contribution < 1.29 is 4.39 Å². The van der Waals surface area contributed by atoms with Crippen LogP contribution in [0.1, 0.15) is 26.2 Å². The normalized spacial score (nSPS) is 17.8. The molecule has 0 atom stereocenters. The Kier molecular flexibility index (Phi) is 3.32. The second-order valence-corrected chi connectivity index (χ2v) is 4.54. The zero-order chi connectivity index (χ0) is 11.5. The lowest BCUT2D eigenvalue weighted by atomic mass is 9.94. The van der Waals surface area contributed by atoms with Gasteiger partial charge in [-0.25, -0.2) is 4.39 Å². The van der Waals surface area contributed by atoms with E-state index < -0.39 is 0 Å². The van der Waals surface area contributed by atoms with E-state index in [1.165, 1.54) is 25.3 Å². The molecule has 1 saturated heterocycles. The van der Waals surface area contributed by atoms with Crippen molar-refractivity contribution >= 4 is 11.4 Å². The lowest BCUT2D eigenvalue weighted by molar-refractivity contribution is 0.395. The molecular formula is C13H19FN2. The first-order valence-corrected chi connectivity index (χ1v) is 6.00. The van der Waals surface area contributed by atoms with E-state index in [1.54, 1.807) is 12.1 Å². The van der Waals surface area contributed by atoms with E-state index in [0.29, 0.717) is 5.69 Å². The van der Waals surface area contributed by atoms with Crippen molar-refractivity contribution in [3.8, 4) is 0 Å². The zero-order valence-corrected chi connectivity index (χ0v) is 9.75. The van der Waals surface area contributed by atoms with E-state index >= 15 is 0 Å². The van der Waals surface area contributed by atoms with Crippen LogP contribution in [0.25, 0.3) is 0 Å². The van der Waals surface area contributed by atoms with Gasteiger partial charge in [0, 0.05) is 13.1 Å². The van der Waals surface area contributed by atoms with Crippen molar-refractivity contribution in [2.24, 2.45) is 5.92 Å². The van der Waals surface area contributed by atoms with Crippen molar-refractivity contribution in [2.45, 2.75) is 26.2 Å². The van der Waals surface area contributed by atoms with Gasteiger partial charge < -0.3 is 10.6 Å². The highest BCUT2D eigenvalue weighted by Gasteiger charge is 2.19. The maximum atomic E-state index is 13.2. The van der Waals surface area contributed by atoms with Gasteiger partial charge in [-0.2, -0.15) is 0 Å². The molecule has 0 amide bonds. The molecule has 0 spiro atoms. The molecule has 1 aromatic rings. The fourth-order valence-electron chi connectivity index (χ4n) is 2.37. The van der Waals surface area contributed by atoms with Gasteiger partial charge in [0.15, 0.2) is 0 Å². The molecular weight excluding hydrogens is 203 g/mol. The lowest BCUT2D eigenvalue weighted by Gasteiger charge is -2.33. The average molecular weight is 222 g/mol. The average Bonchev–Trinajstić information content (AvgIpc) is 2.32. The number of anilines is 2. The molecule has 0 saturated carbocycles. The molecule has 1 aliphatic rings. The van der Waals surface area contributed by atoms with Gasteiger partial charge in [0.2, 0.25) is 0 Å². The number of nitrogen functional groups attached to an aromatic ring is 1. The van der Waals surface area contributed by atoms with Crippen LogP contribution in [-0.4, -0.2) is 13.1 Å². The molecule has 3 heteroatoms. The van der Waals surface area contributed by atoms with Crippen molar-refractivity contribution in [1.29, 1.82) is 0 Å². The summed E-state index contributed by atoms with van der Waals surface area (Å²) in [5, 5.41) is 0. The second-order valence-electron chi connectivity index (χ2n) is 4.54. The van der Waals surface area contributed by atoms with Gasteiger partial charge >= 0.3 is 0 Å². The Morgan fingerprint density at radius 3 is 2.69 bits per heavy atom. The molecule has 1 aliphatic heterocycles. The standard InChI is InChI=1S/C13H19FN2/c1-2-10-5-7-16(8-6-10)13-9-11(14)3-4-12(13)15/h3-4,9-10H,2,5-8,15H2,1H3. The number of rotatable bonds is 2. The molecule has 16 heavy (non-hydrogen) atoms. The van der Waals surface area contributed by atoms with Crippen LogP contribution in [-0.2, 0) is 0 Å². The summed E-state index contributed by atoms with van der Waals surface area (Å²) in [5.74, 6) is 0.618. The van der Waals surface area contributed by atoms with Crippen LogP contribution >= 0.6 is 0 Å². The first-order chi connectivity index (χ1) is 7.70. The monoisotopic (exact) mass is 222 g/mol. The third-order valence-corrected chi connectivity index (χ3v) is 3.53. The summed E-state index contributed by atoms with van der Waals surface area (Å²) < 4.78 is 13.2. The maximum absolute atomic E-state index is 13.2. The molecule has 1 fully saturated rings.